The van der Waals surface area contributed by atoms with Crippen molar-refractivity contribution in [2.75, 3.05) is 13.1 Å². The first kappa shape index (κ1) is 16.3. The molecule has 0 aliphatic carbocycles. The zero-order chi connectivity index (χ0) is 15.5. The number of carbonyl (C=O) groups is 1. The Kier molecular flexibility index (Phi) is 5.27. The summed E-state index contributed by atoms with van der Waals surface area (Å²) < 4.78 is 39.1. The number of benzene rings is 1. The molecule has 0 radical (unpaired) electrons. The second-order valence-corrected chi connectivity index (χ2v) is 5.94. The number of hydrogen-bond acceptors (Lipinski definition) is 2. The minimum atomic E-state index is -4.55. The molecule has 1 aliphatic rings. The van der Waals surface area contributed by atoms with Crippen molar-refractivity contribution in [2.45, 2.75) is 31.5 Å². The van der Waals surface area contributed by atoms with Crippen LogP contribution in [0.3, 0.4) is 0 Å². The molecule has 1 heterocycles. The van der Waals surface area contributed by atoms with Gasteiger partial charge in [-0.15, -0.1) is 0 Å². The van der Waals surface area contributed by atoms with E-state index in [9.17, 15) is 18.0 Å². The van der Waals surface area contributed by atoms with E-state index in [0.717, 1.165) is 31.9 Å². The molecule has 0 saturated carbocycles. The third-order valence-electron chi connectivity index (χ3n) is 3.47. The van der Waals surface area contributed by atoms with E-state index < -0.39 is 17.6 Å². The summed E-state index contributed by atoms with van der Waals surface area (Å²) in [4.78, 5) is 12.0. The van der Waals surface area contributed by atoms with Crippen molar-refractivity contribution in [1.29, 1.82) is 0 Å². The van der Waals surface area contributed by atoms with Crippen molar-refractivity contribution in [2.24, 2.45) is 0 Å². The SMILES string of the molecule is O=C(NCCC1CCCN1)c1ccc(Br)cc1C(F)(F)F. The highest BCUT2D eigenvalue weighted by atomic mass is 79.9. The molecule has 0 spiro atoms. The van der Waals surface area contributed by atoms with Gasteiger partial charge in [-0.25, -0.2) is 0 Å². The summed E-state index contributed by atoms with van der Waals surface area (Å²) in [5.74, 6) is -0.687. The maximum Gasteiger partial charge on any atom is 0.417 e. The van der Waals surface area contributed by atoms with E-state index in [1.165, 1.54) is 12.1 Å². The lowest BCUT2D eigenvalue weighted by Crippen LogP contribution is -2.31. The lowest BCUT2D eigenvalue weighted by Gasteiger charge is -2.14. The van der Waals surface area contributed by atoms with Gasteiger partial charge >= 0.3 is 6.18 Å². The van der Waals surface area contributed by atoms with Gasteiger partial charge in [0.05, 0.1) is 11.1 Å². The molecule has 2 N–H and O–H groups in total. The fourth-order valence-electron chi connectivity index (χ4n) is 2.41. The monoisotopic (exact) mass is 364 g/mol. The Morgan fingerprint density at radius 3 is 2.81 bits per heavy atom. The van der Waals surface area contributed by atoms with Crippen LogP contribution in [0.15, 0.2) is 22.7 Å². The molecular weight excluding hydrogens is 349 g/mol. The number of carbonyl (C=O) groups excluding carboxylic acids is 1. The van der Waals surface area contributed by atoms with Gasteiger partial charge in [-0.05, 0) is 44.0 Å². The van der Waals surface area contributed by atoms with E-state index in [1.807, 2.05) is 0 Å². The van der Waals surface area contributed by atoms with Gasteiger partial charge in [0.1, 0.15) is 0 Å². The van der Waals surface area contributed by atoms with Gasteiger partial charge in [0, 0.05) is 17.1 Å². The highest BCUT2D eigenvalue weighted by Gasteiger charge is 2.35. The largest absolute Gasteiger partial charge is 0.417 e. The molecule has 1 amide bonds. The smallest absolute Gasteiger partial charge is 0.352 e. The fourth-order valence-corrected chi connectivity index (χ4v) is 2.77. The summed E-state index contributed by atoms with van der Waals surface area (Å²) in [7, 11) is 0. The first-order valence-corrected chi connectivity index (χ1v) is 7.55. The van der Waals surface area contributed by atoms with Gasteiger partial charge in [-0.2, -0.15) is 13.2 Å². The number of rotatable bonds is 4. The lowest BCUT2D eigenvalue weighted by atomic mass is 10.1. The molecule has 2 rings (SSSR count). The number of halogens is 4. The van der Waals surface area contributed by atoms with Crippen molar-refractivity contribution in [3.8, 4) is 0 Å². The van der Waals surface area contributed by atoms with Gasteiger partial charge in [-0.3, -0.25) is 4.79 Å². The summed E-state index contributed by atoms with van der Waals surface area (Å²) >= 11 is 3.00. The van der Waals surface area contributed by atoms with Crippen LogP contribution in [-0.2, 0) is 6.18 Å². The Labute approximate surface area is 129 Å². The average Bonchev–Trinajstić information content (AvgIpc) is 2.90. The third kappa shape index (κ3) is 4.44. The van der Waals surface area contributed by atoms with E-state index >= 15 is 0 Å². The van der Waals surface area contributed by atoms with Gasteiger partial charge in [0.25, 0.3) is 5.91 Å². The molecule has 7 heteroatoms. The van der Waals surface area contributed by atoms with Crippen molar-refractivity contribution < 1.29 is 18.0 Å². The molecule has 3 nitrogen and oxygen atoms in total. The van der Waals surface area contributed by atoms with Crippen LogP contribution >= 0.6 is 15.9 Å². The van der Waals surface area contributed by atoms with Gasteiger partial charge in [-0.1, -0.05) is 15.9 Å². The predicted octanol–water partition coefficient (Wildman–Crippen LogP) is 3.34. The summed E-state index contributed by atoms with van der Waals surface area (Å²) in [6.45, 7) is 1.33. The Morgan fingerprint density at radius 1 is 1.43 bits per heavy atom. The molecule has 1 atom stereocenters. The van der Waals surface area contributed by atoms with Crippen LogP contribution in [-0.4, -0.2) is 25.0 Å². The molecule has 1 aliphatic heterocycles. The number of amides is 1. The molecule has 1 aromatic rings. The average molecular weight is 365 g/mol. The highest BCUT2D eigenvalue weighted by molar-refractivity contribution is 9.10. The van der Waals surface area contributed by atoms with E-state index in [-0.39, 0.29) is 5.56 Å². The molecule has 21 heavy (non-hydrogen) atoms. The van der Waals surface area contributed by atoms with Crippen molar-refractivity contribution in [1.82, 2.24) is 10.6 Å². The summed E-state index contributed by atoms with van der Waals surface area (Å²) in [5, 5.41) is 5.84. The second kappa shape index (κ2) is 6.79. The van der Waals surface area contributed by atoms with E-state index in [0.29, 0.717) is 17.1 Å². The molecule has 1 fully saturated rings. The van der Waals surface area contributed by atoms with Gasteiger partial charge in [0.15, 0.2) is 0 Å². The molecule has 0 bridgehead atoms. The Morgan fingerprint density at radius 2 is 2.19 bits per heavy atom. The maximum atomic E-state index is 12.9. The zero-order valence-electron chi connectivity index (χ0n) is 11.3. The Hall–Kier alpha value is -1.08. The van der Waals surface area contributed by atoms with E-state index in [2.05, 4.69) is 26.6 Å². The van der Waals surface area contributed by atoms with Crippen LogP contribution in [0.2, 0.25) is 0 Å². The predicted molar refractivity (Wildman–Crippen MR) is 77.1 cm³/mol. The topological polar surface area (TPSA) is 41.1 Å². The van der Waals surface area contributed by atoms with Crippen LogP contribution in [0.5, 0.6) is 0 Å². The van der Waals surface area contributed by atoms with Crippen LogP contribution in [0.1, 0.15) is 35.2 Å². The molecule has 1 aromatic carbocycles. The number of hydrogen-bond donors (Lipinski definition) is 2. The molecule has 116 valence electrons. The van der Waals surface area contributed by atoms with Crippen LogP contribution < -0.4 is 10.6 Å². The third-order valence-corrected chi connectivity index (χ3v) is 3.97. The summed E-state index contributed by atoms with van der Waals surface area (Å²) in [6, 6.07) is 3.89. The number of nitrogens with one attached hydrogen (secondary N) is 2. The Bertz CT molecular complexity index is 513. The normalized spacial score (nSPS) is 18.8. The first-order chi connectivity index (χ1) is 9.88. The first-order valence-electron chi connectivity index (χ1n) is 6.76. The van der Waals surface area contributed by atoms with Crippen molar-refractivity contribution in [3.05, 3.63) is 33.8 Å². The summed E-state index contributed by atoms with van der Waals surface area (Å²) in [5.41, 5.74) is -1.27. The quantitative estimate of drug-likeness (QED) is 0.860. The molecular formula is C14H16BrF3N2O. The Balaban J connectivity index is 2.01. The fraction of sp³-hybridized carbons (Fsp3) is 0.500. The van der Waals surface area contributed by atoms with Crippen molar-refractivity contribution in [3.63, 3.8) is 0 Å². The standard InChI is InChI=1S/C14H16BrF3N2O/c15-9-3-4-11(12(8-9)14(16,17)18)13(21)20-7-5-10-2-1-6-19-10/h3-4,8,10,19H,1-2,5-7H2,(H,20,21). The van der Waals surface area contributed by atoms with Crippen LogP contribution in [0, 0.1) is 0 Å². The second-order valence-electron chi connectivity index (χ2n) is 5.03. The van der Waals surface area contributed by atoms with Crippen molar-refractivity contribution >= 4 is 21.8 Å². The maximum absolute atomic E-state index is 12.9. The minimum Gasteiger partial charge on any atom is -0.352 e. The highest BCUT2D eigenvalue weighted by Crippen LogP contribution is 2.33. The van der Waals surface area contributed by atoms with E-state index in [4.69, 9.17) is 0 Å². The van der Waals surface area contributed by atoms with Gasteiger partial charge in [0.2, 0.25) is 0 Å². The van der Waals surface area contributed by atoms with Crippen LogP contribution in [0.4, 0.5) is 13.2 Å². The molecule has 1 saturated heterocycles. The lowest BCUT2D eigenvalue weighted by molar-refractivity contribution is -0.138. The van der Waals surface area contributed by atoms with Crippen LogP contribution in [0.25, 0.3) is 0 Å². The molecule has 1 unspecified atom stereocenters. The number of alkyl halides is 3. The summed E-state index contributed by atoms with van der Waals surface area (Å²) in [6.07, 6.45) is -1.68. The van der Waals surface area contributed by atoms with Gasteiger partial charge < -0.3 is 10.6 Å². The van der Waals surface area contributed by atoms with E-state index in [1.54, 1.807) is 0 Å². The minimum absolute atomic E-state index is 0.293. The molecule has 0 aromatic heterocycles. The zero-order valence-corrected chi connectivity index (χ0v) is 12.9.